The number of piperazine rings is 1. The summed E-state index contributed by atoms with van der Waals surface area (Å²) in [4.78, 5) is 39.0. The van der Waals surface area contributed by atoms with E-state index >= 15 is 0 Å². The van der Waals surface area contributed by atoms with Crippen LogP contribution in [0.15, 0.2) is 12.3 Å². The molecule has 0 unspecified atom stereocenters. The molecule has 1 aliphatic rings. The third-order valence-corrected chi connectivity index (χ3v) is 2.89. The van der Waals surface area contributed by atoms with Gasteiger partial charge in [0.25, 0.3) is 11.6 Å². The number of amides is 2. The highest BCUT2D eigenvalue weighted by atomic mass is 16.6. The molecule has 2 heterocycles. The van der Waals surface area contributed by atoms with Crippen LogP contribution in [0.4, 0.5) is 11.5 Å². The van der Waals surface area contributed by atoms with Gasteiger partial charge in [0.2, 0.25) is 5.91 Å². The van der Waals surface area contributed by atoms with Crippen LogP contribution in [0.2, 0.25) is 0 Å². The summed E-state index contributed by atoms with van der Waals surface area (Å²) < 4.78 is 0. The molecule has 0 saturated carbocycles. The smallest absolute Gasteiger partial charge is 0.300 e. The maximum Gasteiger partial charge on any atom is 0.300 e. The Hall–Kier alpha value is -2.71. The fourth-order valence-electron chi connectivity index (χ4n) is 1.88. The van der Waals surface area contributed by atoms with Gasteiger partial charge in [-0.1, -0.05) is 0 Å². The molecule has 2 rings (SSSR count). The standard InChI is InChI=1S/C11H13N5O4/c1-12-9-4-7(8(5-14-9)16(19)20)11(18)15-3-2-13-10(17)6-15/h4-5H,2-3,6H2,1H3,(H,12,14)(H,13,17). The largest absolute Gasteiger partial charge is 0.373 e. The number of hydrogen-bond acceptors (Lipinski definition) is 6. The molecule has 0 aliphatic carbocycles. The lowest BCUT2D eigenvalue weighted by molar-refractivity contribution is -0.385. The number of pyridine rings is 1. The number of anilines is 1. The van der Waals surface area contributed by atoms with E-state index in [9.17, 15) is 19.7 Å². The molecule has 1 fully saturated rings. The average molecular weight is 279 g/mol. The Labute approximate surface area is 114 Å². The van der Waals surface area contributed by atoms with E-state index in [-0.39, 0.29) is 23.7 Å². The normalized spacial score (nSPS) is 14.7. The molecular weight excluding hydrogens is 266 g/mol. The first-order valence-corrected chi connectivity index (χ1v) is 5.91. The minimum atomic E-state index is -0.663. The number of aromatic nitrogens is 1. The van der Waals surface area contributed by atoms with Crippen molar-refractivity contribution >= 4 is 23.3 Å². The van der Waals surface area contributed by atoms with Gasteiger partial charge in [0.15, 0.2) is 0 Å². The van der Waals surface area contributed by atoms with Gasteiger partial charge in [-0.15, -0.1) is 0 Å². The SMILES string of the molecule is CNc1cc(C(=O)N2CCNC(=O)C2)c([N+](=O)[O-])cn1. The third kappa shape index (κ3) is 2.66. The second-order valence-electron chi connectivity index (χ2n) is 4.17. The summed E-state index contributed by atoms with van der Waals surface area (Å²) in [5.41, 5.74) is -0.455. The van der Waals surface area contributed by atoms with Crippen LogP contribution in [0.1, 0.15) is 10.4 Å². The Kier molecular flexibility index (Phi) is 3.78. The van der Waals surface area contributed by atoms with Gasteiger partial charge in [0.05, 0.1) is 11.5 Å². The van der Waals surface area contributed by atoms with Crippen molar-refractivity contribution in [3.8, 4) is 0 Å². The van der Waals surface area contributed by atoms with Crippen molar-refractivity contribution < 1.29 is 14.5 Å². The van der Waals surface area contributed by atoms with Crippen LogP contribution < -0.4 is 10.6 Å². The van der Waals surface area contributed by atoms with Gasteiger partial charge in [-0.2, -0.15) is 0 Å². The fraction of sp³-hybridized carbons (Fsp3) is 0.364. The molecule has 1 aromatic heterocycles. The molecular formula is C11H13N5O4. The van der Waals surface area contributed by atoms with Crippen LogP contribution in [-0.2, 0) is 4.79 Å². The molecule has 1 aliphatic heterocycles. The predicted molar refractivity (Wildman–Crippen MR) is 69.4 cm³/mol. The van der Waals surface area contributed by atoms with Gasteiger partial charge < -0.3 is 15.5 Å². The number of nitrogens with zero attached hydrogens (tertiary/aromatic N) is 3. The molecule has 9 heteroatoms. The van der Waals surface area contributed by atoms with Gasteiger partial charge in [0.1, 0.15) is 17.6 Å². The van der Waals surface area contributed by atoms with Crippen LogP contribution >= 0.6 is 0 Å². The van der Waals surface area contributed by atoms with Crippen LogP contribution in [0.25, 0.3) is 0 Å². The van der Waals surface area contributed by atoms with Gasteiger partial charge in [-0.25, -0.2) is 4.98 Å². The highest BCUT2D eigenvalue weighted by Gasteiger charge is 2.28. The summed E-state index contributed by atoms with van der Waals surface area (Å²) in [6.45, 7) is 0.550. The molecule has 0 aromatic carbocycles. The number of hydrogen-bond donors (Lipinski definition) is 2. The van der Waals surface area contributed by atoms with E-state index in [2.05, 4.69) is 15.6 Å². The topological polar surface area (TPSA) is 117 Å². The fourth-order valence-corrected chi connectivity index (χ4v) is 1.88. The summed E-state index contributed by atoms with van der Waals surface area (Å²) in [6.07, 6.45) is 1.03. The minimum Gasteiger partial charge on any atom is -0.373 e. The second-order valence-corrected chi connectivity index (χ2v) is 4.17. The van der Waals surface area contributed by atoms with Crippen LogP contribution in [0, 0.1) is 10.1 Å². The summed E-state index contributed by atoms with van der Waals surface area (Å²) in [5, 5.41) is 16.3. The van der Waals surface area contributed by atoms with E-state index in [1.54, 1.807) is 7.05 Å². The number of nitrogens with one attached hydrogen (secondary N) is 2. The maximum absolute atomic E-state index is 12.3. The molecule has 1 saturated heterocycles. The zero-order chi connectivity index (χ0) is 14.7. The minimum absolute atomic E-state index is 0.0796. The number of carbonyl (C=O) groups is 2. The maximum atomic E-state index is 12.3. The molecule has 2 N–H and O–H groups in total. The van der Waals surface area contributed by atoms with Gasteiger partial charge >= 0.3 is 0 Å². The van der Waals surface area contributed by atoms with Crippen molar-refractivity contribution in [2.75, 3.05) is 32.0 Å². The lowest BCUT2D eigenvalue weighted by Crippen LogP contribution is -2.50. The zero-order valence-electron chi connectivity index (χ0n) is 10.8. The third-order valence-electron chi connectivity index (χ3n) is 2.89. The summed E-state index contributed by atoms with van der Waals surface area (Å²) >= 11 is 0. The summed E-state index contributed by atoms with van der Waals surface area (Å²) in [6, 6.07) is 1.31. The number of rotatable bonds is 3. The van der Waals surface area contributed by atoms with Crippen molar-refractivity contribution in [2.45, 2.75) is 0 Å². The average Bonchev–Trinajstić information content (AvgIpc) is 2.45. The Morgan fingerprint density at radius 3 is 2.95 bits per heavy atom. The van der Waals surface area contributed by atoms with E-state index in [4.69, 9.17) is 0 Å². The van der Waals surface area contributed by atoms with Gasteiger partial charge in [0, 0.05) is 26.2 Å². The Morgan fingerprint density at radius 2 is 2.35 bits per heavy atom. The van der Waals surface area contributed by atoms with E-state index in [0.29, 0.717) is 18.9 Å². The van der Waals surface area contributed by atoms with Crippen molar-refractivity contribution in [3.63, 3.8) is 0 Å². The predicted octanol–water partition coefficient (Wildman–Crippen LogP) is -0.397. The van der Waals surface area contributed by atoms with Gasteiger partial charge in [-0.05, 0) is 0 Å². The first-order chi connectivity index (χ1) is 9.52. The van der Waals surface area contributed by atoms with Crippen molar-refractivity contribution in [2.24, 2.45) is 0 Å². The Bertz CT molecular complexity index is 574. The number of nitro groups is 1. The van der Waals surface area contributed by atoms with E-state index in [0.717, 1.165) is 6.20 Å². The zero-order valence-corrected chi connectivity index (χ0v) is 10.8. The van der Waals surface area contributed by atoms with Crippen molar-refractivity contribution in [1.82, 2.24) is 15.2 Å². The quantitative estimate of drug-likeness (QED) is 0.574. The molecule has 2 amide bonds. The summed E-state index contributed by atoms with van der Waals surface area (Å²) in [5.74, 6) is -0.485. The van der Waals surface area contributed by atoms with E-state index < -0.39 is 10.8 Å². The van der Waals surface area contributed by atoms with Crippen LogP contribution in [0.5, 0.6) is 0 Å². The Morgan fingerprint density at radius 1 is 1.60 bits per heavy atom. The van der Waals surface area contributed by atoms with Crippen LogP contribution in [0.3, 0.4) is 0 Å². The van der Waals surface area contributed by atoms with Crippen molar-refractivity contribution in [3.05, 3.63) is 27.9 Å². The molecule has 0 atom stereocenters. The highest BCUT2D eigenvalue weighted by Crippen LogP contribution is 2.22. The lowest BCUT2D eigenvalue weighted by Gasteiger charge is -2.26. The van der Waals surface area contributed by atoms with E-state index in [1.807, 2.05) is 0 Å². The van der Waals surface area contributed by atoms with Crippen LogP contribution in [-0.4, -0.2) is 53.3 Å². The molecule has 9 nitrogen and oxygen atoms in total. The first kappa shape index (κ1) is 13.7. The lowest BCUT2D eigenvalue weighted by atomic mass is 10.1. The summed E-state index contributed by atoms with van der Waals surface area (Å²) in [7, 11) is 1.59. The second kappa shape index (κ2) is 5.51. The molecule has 106 valence electrons. The number of carbonyl (C=O) groups excluding carboxylic acids is 2. The molecule has 0 bridgehead atoms. The van der Waals surface area contributed by atoms with Gasteiger partial charge in [-0.3, -0.25) is 19.7 Å². The molecule has 0 radical (unpaired) electrons. The molecule has 20 heavy (non-hydrogen) atoms. The monoisotopic (exact) mass is 279 g/mol. The van der Waals surface area contributed by atoms with Crippen molar-refractivity contribution in [1.29, 1.82) is 0 Å². The molecule has 1 aromatic rings. The Balaban J connectivity index is 2.36. The first-order valence-electron chi connectivity index (χ1n) is 5.91. The van der Waals surface area contributed by atoms with E-state index in [1.165, 1.54) is 11.0 Å². The molecule has 0 spiro atoms. The highest BCUT2D eigenvalue weighted by molar-refractivity contribution is 6.00.